The fourth-order valence-corrected chi connectivity index (χ4v) is 3.41. The van der Waals surface area contributed by atoms with E-state index in [4.69, 9.17) is 23.7 Å². The SMILES string of the molecule is COCO[C@H]1[C@@H](COCc2ccccc2)OCO[C@H]1C1CC(=O)NC(=O)C1. The van der Waals surface area contributed by atoms with E-state index in [0.717, 1.165) is 5.56 Å². The zero-order chi connectivity index (χ0) is 19.1. The van der Waals surface area contributed by atoms with Gasteiger partial charge in [-0.2, -0.15) is 0 Å². The summed E-state index contributed by atoms with van der Waals surface area (Å²) in [4.78, 5) is 23.5. The molecule has 0 unspecified atom stereocenters. The molecule has 3 atom stereocenters. The van der Waals surface area contributed by atoms with Crippen LogP contribution in [0.4, 0.5) is 0 Å². The molecule has 27 heavy (non-hydrogen) atoms. The number of ether oxygens (including phenoxy) is 5. The lowest BCUT2D eigenvalue weighted by Gasteiger charge is -2.41. The van der Waals surface area contributed by atoms with E-state index in [1.165, 1.54) is 7.11 Å². The summed E-state index contributed by atoms with van der Waals surface area (Å²) >= 11 is 0. The maximum atomic E-state index is 11.7. The first kappa shape index (κ1) is 19.9. The topological polar surface area (TPSA) is 92.3 Å². The van der Waals surface area contributed by atoms with Crippen LogP contribution in [0.25, 0.3) is 0 Å². The summed E-state index contributed by atoms with van der Waals surface area (Å²) < 4.78 is 28.0. The van der Waals surface area contributed by atoms with Gasteiger partial charge in [0.2, 0.25) is 11.8 Å². The monoisotopic (exact) mass is 379 g/mol. The summed E-state index contributed by atoms with van der Waals surface area (Å²) in [6.45, 7) is 0.864. The Kier molecular flexibility index (Phi) is 7.31. The first-order valence-corrected chi connectivity index (χ1v) is 8.95. The first-order chi connectivity index (χ1) is 13.2. The molecule has 1 N–H and O–H groups in total. The predicted molar refractivity (Wildman–Crippen MR) is 93.3 cm³/mol. The fraction of sp³-hybridized carbons (Fsp3) is 0.579. The largest absolute Gasteiger partial charge is 0.374 e. The number of nitrogens with one attached hydrogen (secondary N) is 1. The van der Waals surface area contributed by atoms with Crippen molar-refractivity contribution in [2.24, 2.45) is 5.92 Å². The lowest BCUT2D eigenvalue weighted by atomic mass is 9.86. The average molecular weight is 379 g/mol. The maximum absolute atomic E-state index is 11.7. The Morgan fingerprint density at radius 2 is 1.85 bits per heavy atom. The highest BCUT2D eigenvalue weighted by molar-refractivity contribution is 5.97. The number of amides is 2. The molecule has 2 amide bonds. The van der Waals surface area contributed by atoms with Crippen molar-refractivity contribution in [2.75, 3.05) is 27.3 Å². The minimum atomic E-state index is -0.502. The van der Waals surface area contributed by atoms with Crippen molar-refractivity contribution in [3.63, 3.8) is 0 Å². The van der Waals surface area contributed by atoms with Crippen molar-refractivity contribution in [1.82, 2.24) is 5.32 Å². The number of carbonyl (C=O) groups is 2. The van der Waals surface area contributed by atoms with E-state index in [1.54, 1.807) is 0 Å². The molecule has 2 aliphatic rings. The number of methoxy groups -OCH3 is 1. The molecular formula is C19H25NO7. The molecule has 2 aliphatic heterocycles. The summed E-state index contributed by atoms with van der Waals surface area (Å²) in [6.07, 6.45) is -0.920. The summed E-state index contributed by atoms with van der Waals surface area (Å²) in [7, 11) is 1.53. The second-order valence-corrected chi connectivity index (χ2v) is 6.63. The molecule has 0 spiro atoms. The zero-order valence-corrected chi connectivity index (χ0v) is 15.3. The molecule has 2 heterocycles. The average Bonchev–Trinajstić information content (AvgIpc) is 2.67. The van der Waals surface area contributed by atoms with Crippen LogP contribution in [0.3, 0.4) is 0 Å². The van der Waals surface area contributed by atoms with E-state index in [-0.39, 0.29) is 50.3 Å². The Morgan fingerprint density at radius 3 is 2.56 bits per heavy atom. The van der Waals surface area contributed by atoms with Gasteiger partial charge in [0.1, 0.15) is 25.8 Å². The number of imide groups is 1. The third-order valence-corrected chi connectivity index (χ3v) is 4.64. The Hall–Kier alpha value is -1.84. The number of carbonyl (C=O) groups excluding carboxylic acids is 2. The summed E-state index contributed by atoms with van der Waals surface area (Å²) in [5.41, 5.74) is 1.06. The predicted octanol–water partition coefficient (Wildman–Crippen LogP) is 0.987. The Bertz CT molecular complexity index is 608. The van der Waals surface area contributed by atoms with Gasteiger partial charge in [0.25, 0.3) is 0 Å². The lowest BCUT2D eigenvalue weighted by Crippen LogP contribution is -2.55. The van der Waals surface area contributed by atoms with Crippen LogP contribution in [0.2, 0.25) is 0 Å². The highest BCUT2D eigenvalue weighted by Gasteiger charge is 2.43. The van der Waals surface area contributed by atoms with E-state index in [1.807, 2.05) is 30.3 Å². The van der Waals surface area contributed by atoms with E-state index < -0.39 is 12.2 Å². The van der Waals surface area contributed by atoms with Gasteiger partial charge in [0.05, 0.1) is 19.3 Å². The molecule has 0 aromatic heterocycles. The Morgan fingerprint density at radius 1 is 1.11 bits per heavy atom. The van der Waals surface area contributed by atoms with Gasteiger partial charge in [0, 0.05) is 25.9 Å². The molecule has 8 heteroatoms. The van der Waals surface area contributed by atoms with Gasteiger partial charge >= 0.3 is 0 Å². The van der Waals surface area contributed by atoms with Crippen molar-refractivity contribution < 1.29 is 33.3 Å². The smallest absolute Gasteiger partial charge is 0.226 e. The van der Waals surface area contributed by atoms with Crippen LogP contribution in [0, 0.1) is 5.92 Å². The molecule has 0 bridgehead atoms. The van der Waals surface area contributed by atoms with Gasteiger partial charge in [-0.3, -0.25) is 14.9 Å². The normalized spacial score (nSPS) is 26.8. The number of benzene rings is 1. The van der Waals surface area contributed by atoms with Crippen LogP contribution < -0.4 is 5.32 Å². The molecule has 1 aromatic rings. The van der Waals surface area contributed by atoms with Crippen molar-refractivity contribution >= 4 is 11.8 Å². The number of hydrogen-bond donors (Lipinski definition) is 1. The third-order valence-electron chi connectivity index (χ3n) is 4.64. The lowest BCUT2D eigenvalue weighted by molar-refractivity contribution is -0.277. The number of hydrogen-bond acceptors (Lipinski definition) is 7. The standard InChI is InChI=1S/C19H25NO7/c1-23-11-26-19-15(10-24-9-13-5-3-2-4-6-13)25-12-27-18(19)14-7-16(21)20-17(22)8-14/h2-6,14-15,18-19H,7-12H2,1H3,(H,20,21,22)/t15-,18+,19+/m1/s1. The van der Waals surface area contributed by atoms with E-state index in [9.17, 15) is 9.59 Å². The molecule has 3 rings (SSSR count). The summed E-state index contributed by atoms with van der Waals surface area (Å²) in [6, 6.07) is 9.83. The van der Waals surface area contributed by atoms with Gasteiger partial charge in [-0.15, -0.1) is 0 Å². The highest BCUT2D eigenvalue weighted by atomic mass is 16.7. The zero-order valence-electron chi connectivity index (χ0n) is 15.3. The van der Waals surface area contributed by atoms with Crippen LogP contribution >= 0.6 is 0 Å². The van der Waals surface area contributed by atoms with Crippen LogP contribution in [0.1, 0.15) is 18.4 Å². The van der Waals surface area contributed by atoms with E-state index >= 15 is 0 Å². The molecule has 148 valence electrons. The molecule has 1 aromatic carbocycles. The quantitative estimate of drug-likeness (QED) is 0.532. The molecule has 0 aliphatic carbocycles. The van der Waals surface area contributed by atoms with Gasteiger partial charge < -0.3 is 23.7 Å². The van der Waals surface area contributed by atoms with Crippen LogP contribution in [-0.4, -0.2) is 57.4 Å². The fourth-order valence-electron chi connectivity index (χ4n) is 3.41. The van der Waals surface area contributed by atoms with Gasteiger partial charge in [-0.25, -0.2) is 0 Å². The van der Waals surface area contributed by atoms with Crippen molar-refractivity contribution in [2.45, 2.75) is 37.8 Å². The molecule has 0 saturated carbocycles. The summed E-state index contributed by atoms with van der Waals surface area (Å²) in [5.74, 6) is -0.865. The molecule has 8 nitrogen and oxygen atoms in total. The van der Waals surface area contributed by atoms with Crippen LogP contribution in [-0.2, 0) is 39.9 Å². The van der Waals surface area contributed by atoms with Crippen molar-refractivity contribution in [1.29, 1.82) is 0 Å². The van der Waals surface area contributed by atoms with Crippen LogP contribution in [0.5, 0.6) is 0 Å². The van der Waals surface area contributed by atoms with Crippen molar-refractivity contribution in [3.8, 4) is 0 Å². The molecule has 0 radical (unpaired) electrons. The Labute approximate surface area is 158 Å². The molecule has 2 fully saturated rings. The summed E-state index contributed by atoms with van der Waals surface area (Å²) in [5, 5.41) is 2.32. The number of rotatable bonds is 8. The van der Waals surface area contributed by atoms with E-state index in [2.05, 4.69) is 5.32 Å². The maximum Gasteiger partial charge on any atom is 0.226 e. The minimum Gasteiger partial charge on any atom is -0.374 e. The van der Waals surface area contributed by atoms with Crippen molar-refractivity contribution in [3.05, 3.63) is 35.9 Å². The van der Waals surface area contributed by atoms with E-state index in [0.29, 0.717) is 13.2 Å². The molecular weight excluding hydrogens is 354 g/mol. The third kappa shape index (κ3) is 5.57. The Balaban J connectivity index is 1.62. The van der Waals surface area contributed by atoms with Gasteiger partial charge in [-0.05, 0) is 5.56 Å². The second-order valence-electron chi connectivity index (χ2n) is 6.63. The second kappa shape index (κ2) is 9.91. The van der Waals surface area contributed by atoms with Gasteiger partial charge in [-0.1, -0.05) is 30.3 Å². The van der Waals surface area contributed by atoms with Gasteiger partial charge in [0.15, 0.2) is 0 Å². The highest BCUT2D eigenvalue weighted by Crippen LogP contribution is 2.30. The first-order valence-electron chi connectivity index (χ1n) is 8.95. The molecule has 2 saturated heterocycles. The van der Waals surface area contributed by atoms with Crippen LogP contribution in [0.15, 0.2) is 30.3 Å². The number of piperidine rings is 1. The minimum absolute atomic E-state index is 0.0515.